The number of hydrogen-bond donors (Lipinski definition) is 4. The molecule has 0 spiro atoms. The Balaban J connectivity index is 0. The molecule has 0 aliphatic heterocycles. The zero-order chi connectivity index (χ0) is 19.3. The summed E-state index contributed by atoms with van der Waals surface area (Å²) in [6.45, 7) is 14.4. The molecule has 0 bridgehead atoms. The van der Waals surface area contributed by atoms with Crippen LogP contribution in [0, 0.1) is 11.8 Å². The highest BCUT2D eigenvalue weighted by molar-refractivity contribution is 5.89. The van der Waals surface area contributed by atoms with Gasteiger partial charge in [0.1, 0.15) is 0 Å². The lowest BCUT2D eigenvalue weighted by Crippen LogP contribution is -2.50. The second-order valence-electron chi connectivity index (χ2n) is 6.67. The zero-order valence-electron chi connectivity index (χ0n) is 16.2. The van der Waals surface area contributed by atoms with Crippen molar-refractivity contribution in [3.8, 4) is 0 Å². The number of carbonyl (C=O) groups excluding carboxylic acids is 3. The van der Waals surface area contributed by atoms with E-state index in [2.05, 4.69) is 16.0 Å². The van der Waals surface area contributed by atoms with Crippen molar-refractivity contribution < 1.29 is 14.4 Å². The fourth-order valence-corrected chi connectivity index (χ4v) is 1.67. The van der Waals surface area contributed by atoms with Crippen LogP contribution < -0.4 is 21.7 Å². The first-order chi connectivity index (χ1) is 11.0. The van der Waals surface area contributed by atoms with Crippen molar-refractivity contribution in [1.29, 1.82) is 0 Å². The van der Waals surface area contributed by atoms with Gasteiger partial charge in [-0.1, -0.05) is 48.5 Å². The van der Waals surface area contributed by atoms with E-state index >= 15 is 0 Å². The maximum absolute atomic E-state index is 11.9. The van der Waals surface area contributed by atoms with Crippen molar-refractivity contribution in [2.45, 2.75) is 67.0 Å². The van der Waals surface area contributed by atoms with Gasteiger partial charge in [0.15, 0.2) is 5.78 Å². The van der Waals surface area contributed by atoms with Gasteiger partial charge in [-0.3, -0.25) is 9.59 Å². The predicted octanol–water partition coefficient (Wildman–Crippen LogP) is 1.42. The Hall–Kier alpha value is -1.63. The summed E-state index contributed by atoms with van der Waals surface area (Å²) in [7, 11) is 0. The summed E-state index contributed by atoms with van der Waals surface area (Å²) >= 11 is 0. The van der Waals surface area contributed by atoms with Gasteiger partial charge in [-0.05, 0) is 12.3 Å². The van der Waals surface area contributed by atoms with Crippen molar-refractivity contribution in [2.24, 2.45) is 17.6 Å². The van der Waals surface area contributed by atoms with Crippen LogP contribution in [0.5, 0.6) is 0 Å². The molecule has 7 nitrogen and oxygen atoms in total. The van der Waals surface area contributed by atoms with Crippen LogP contribution in [0.3, 0.4) is 0 Å². The van der Waals surface area contributed by atoms with Crippen molar-refractivity contribution >= 4 is 17.7 Å². The maximum Gasteiger partial charge on any atom is 0.312 e. The Morgan fingerprint density at radius 3 is 1.79 bits per heavy atom. The first kappa shape index (κ1) is 24.6. The topological polar surface area (TPSA) is 113 Å². The monoisotopic (exact) mass is 344 g/mol. The van der Waals surface area contributed by atoms with Crippen LogP contribution in [0.25, 0.3) is 0 Å². The largest absolute Gasteiger partial charge is 0.352 e. The quantitative estimate of drug-likeness (QED) is 0.506. The molecule has 0 radical (unpaired) electrons. The summed E-state index contributed by atoms with van der Waals surface area (Å²) in [5, 5.41) is 8.34. The fourth-order valence-electron chi connectivity index (χ4n) is 1.67. The van der Waals surface area contributed by atoms with Crippen LogP contribution in [0.1, 0.15) is 54.9 Å². The molecule has 0 aromatic carbocycles. The van der Waals surface area contributed by atoms with Crippen molar-refractivity contribution in [3.05, 3.63) is 0 Å². The summed E-state index contributed by atoms with van der Waals surface area (Å²) in [6, 6.07) is -0.439. The number of rotatable bonds is 9. The van der Waals surface area contributed by atoms with Crippen LogP contribution in [0.2, 0.25) is 0 Å². The molecule has 0 saturated heterocycles. The van der Waals surface area contributed by atoms with E-state index in [0.717, 1.165) is 6.42 Å². The van der Waals surface area contributed by atoms with Crippen LogP contribution >= 0.6 is 0 Å². The summed E-state index contributed by atoms with van der Waals surface area (Å²) in [5.74, 6) is 0.130. The Labute approximate surface area is 146 Å². The molecule has 0 saturated carbocycles. The van der Waals surface area contributed by atoms with E-state index in [-0.39, 0.29) is 42.2 Å². The molecule has 5 N–H and O–H groups in total. The number of ketones is 1. The van der Waals surface area contributed by atoms with Gasteiger partial charge >= 0.3 is 6.03 Å². The third-order valence-corrected chi connectivity index (χ3v) is 3.09. The number of hydrogen-bond acceptors (Lipinski definition) is 4. The van der Waals surface area contributed by atoms with E-state index in [1.165, 1.54) is 0 Å². The second-order valence-corrected chi connectivity index (χ2v) is 6.67. The standard InChI is InChI=1S/C13H26N2O2.C4H10N2O/c1-8(2)11(16)7-14-13(17)12(9(3)4)15-10(5)6;1-2-3-6-4(5)7/h8-10,12,15H,7H2,1-6H3,(H,14,17);2-3H2,1H3,(H3,5,6,7). The first-order valence-electron chi connectivity index (χ1n) is 8.62. The third kappa shape index (κ3) is 14.0. The molecular formula is C17H36N4O3. The minimum absolute atomic E-state index is 0.0362. The van der Waals surface area contributed by atoms with E-state index in [1.807, 2.05) is 48.5 Å². The molecule has 0 aromatic heterocycles. The number of carbonyl (C=O) groups is 3. The van der Waals surface area contributed by atoms with Gasteiger partial charge < -0.3 is 21.7 Å². The molecule has 0 aliphatic carbocycles. The SMILES string of the molecule is CC(C)NC(C(=O)NCC(=O)C(C)C)C(C)C.CCCNC(N)=O. The number of nitrogens with one attached hydrogen (secondary N) is 3. The highest BCUT2D eigenvalue weighted by atomic mass is 16.2. The highest BCUT2D eigenvalue weighted by Crippen LogP contribution is 2.03. The summed E-state index contributed by atoms with van der Waals surface area (Å²) < 4.78 is 0. The minimum atomic E-state index is -0.443. The van der Waals surface area contributed by atoms with Crippen molar-refractivity contribution in [1.82, 2.24) is 16.0 Å². The van der Waals surface area contributed by atoms with Gasteiger partial charge in [-0.2, -0.15) is 0 Å². The van der Waals surface area contributed by atoms with Gasteiger partial charge in [-0.15, -0.1) is 0 Å². The van der Waals surface area contributed by atoms with Gasteiger partial charge in [0.25, 0.3) is 0 Å². The molecule has 0 aliphatic rings. The first-order valence-corrected chi connectivity index (χ1v) is 8.62. The molecule has 3 amide bonds. The lowest BCUT2D eigenvalue weighted by atomic mass is 10.0. The Kier molecular flexibility index (Phi) is 14.1. The summed E-state index contributed by atoms with van der Waals surface area (Å²) in [5.41, 5.74) is 4.73. The zero-order valence-corrected chi connectivity index (χ0v) is 16.2. The predicted molar refractivity (Wildman–Crippen MR) is 97.6 cm³/mol. The van der Waals surface area contributed by atoms with E-state index in [0.29, 0.717) is 6.54 Å². The molecule has 0 rings (SSSR count). The van der Waals surface area contributed by atoms with Crippen LogP contribution in [0.15, 0.2) is 0 Å². The summed E-state index contributed by atoms with van der Waals surface area (Å²) in [6.07, 6.45) is 0.933. The normalized spacial score (nSPS) is 11.8. The lowest BCUT2D eigenvalue weighted by Gasteiger charge is -2.23. The van der Waals surface area contributed by atoms with Gasteiger partial charge in [0.05, 0.1) is 12.6 Å². The Morgan fingerprint density at radius 2 is 1.50 bits per heavy atom. The molecular weight excluding hydrogens is 308 g/mol. The van der Waals surface area contributed by atoms with Gasteiger partial charge in [-0.25, -0.2) is 4.79 Å². The van der Waals surface area contributed by atoms with E-state index in [4.69, 9.17) is 5.73 Å². The number of urea groups is 1. The van der Waals surface area contributed by atoms with Gasteiger partial charge in [0, 0.05) is 18.5 Å². The third-order valence-electron chi connectivity index (χ3n) is 3.09. The molecule has 0 aromatic rings. The van der Waals surface area contributed by atoms with Crippen molar-refractivity contribution in [2.75, 3.05) is 13.1 Å². The lowest BCUT2D eigenvalue weighted by molar-refractivity contribution is -0.128. The van der Waals surface area contributed by atoms with Crippen LogP contribution in [-0.4, -0.2) is 42.9 Å². The molecule has 24 heavy (non-hydrogen) atoms. The van der Waals surface area contributed by atoms with E-state index < -0.39 is 6.03 Å². The number of primary amides is 1. The molecule has 1 unspecified atom stereocenters. The van der Waals surface area contributed by atoms with E-state index in [1.54, 1.807) is 0 Å². The maximum atomic E-state index is 11.9. The molecule has 0 heterocycles. The van der Waals surface area contributed by atoms with Gasteiger partial charge in [0.2, 0.25) is 5.91 Å². The average Bonchev–Trinajstić information content (AvgIpc) is 2.47. The van der Waals surface area contributed by atoms with Crippen LogP contribution in [-0.2, 0) is 9.59 Å². The molecule has 7 heteroatoms. The number of nitrogens with two attached hydrogens (primary N) is 1. The second kappa shape index (κ2) is 13.8. The summed E-state index contributed by atoms with van der Waals surface area (Å²) in [4.78, 5) is 33.2. The fraction of sp³-hybridized carbons (Fsp3) is 0.824. The number of Topliss-reactive ketones (excluding diaryl/α,β-unsaturated/α-hetero) is 1. The smallest absolute Gasteiger partial charge is 0.312 e. The number of amides is 3. The van der Waals surface area contributed by atoms with E-state index in [9.17, 15) is 14.4 Å². The molecule has 1 atom stereocenters. The molecule has 0 fully saturated rings. The minimum Gasteiger partial charge on any atom is -0.352 e. The Morgan fingerprint density at radius 1 is 0.958 bits per heavy atom. The van der Waals surface area contributed by atoms with Crippen molar-refractivity contribution in [3.63, 3.8) is 0 Å². The Bertz CT molecular complexity index is 382. The average molecular weight is 345 g/mol. The molecule has 142 valence electrons. The van der Waals surface area contributed by atoms with Crippen LogP contribution in [0.4, 0.5) is 4.79 Å². The highest BCUT2D eigenvalue weighted by Gasteiger charge is 2.23.